The maximum Gasteiger partial charge on any atom is 0.346 e. The zero-order valence-electron chi connectivity index (χ0n) is 11.4. The van der Waals surface area contributed by atoms with Crippen molar-refractivity contribution in [1.29, 1.82) is 0 Å². The van der Waals surface area contributed by atoms with Gasteiger partial charge in [-0.15, -0.1) is 0 Å². The SMILES string of the molecule is COCCc1ccc(Oc2cccc(F)c2[N+](=O)[O-])cc1. The summed E-state index contributed by atoms with van der Waals surface area (Å²) in [6.07, 6.45) is 0.761. The molecule has 0 amide bonds. The molecule has 0 aliphatic heterocycles. The van der Waals surface area contributed by atoms with E-state index in [1.54, 1.807) is 19.2 Å². The van der Waals surface area contributed by atoms with Crippen LogP contribution >= 0.6 is 0 Å². The van der Waals surface area contributed by atoms with Crippen molar-refractivity contribution in [2.24, 2.45) is 0 Å². The summed E-state index contributed by atoms with van der Waals surface area (Å²) in [7, 11) is 1.63. The van der Waals surface area contributed by atoms with Crippen LogP contribution in [0.25, 0.3) is 0 Å². The van der Waals surface area contributed by atoms with Crippen molar-refractivity contribution in [2.45, 2.75) is 6.42 Å². The number of para-hydroxylation sites is 1. The third kappa shape index (κ3) is 3.76. The molecule has 110 valence electrons. The van der Waals surface area contributed by atoms with Gasteiger partial charge in [-0.2, -0.15) is 4.39 Å². The minimum absolute atomic E-state index is 0.121. The summed E-state index contributed by atoms with van der Waals surface area (Å²) < 4.78 is 23.8. The first-order chi connectivity index (χ1) is 10.1. The predicted octanol–water partition coefficient (Wildman–Crippen LogP) is 3.72. The number of nitrogens with zero attached hydrogens (tertiary/aromatic N) is 1. The molecule has 0 bridgehead atoms. The van der Waals surface area contributed by atoms with E-state index in [0.717, 1.165) is 18.1 Å². The van der Waals surface area contributed by atoms with Crippen molar-refractivity contribution < 1.29 is 18.8 Å². The Morgan fingerprint density at radius 1 is 1.19 bits per heavy atom. The van der Waals surface area contributed by atoms with Gasteiger partial charge < -0.3 is 9.47 Å². The van der Waals surface area contributed by atoms with Gasteiger partial charge in [-0.25, -0.2) is 0 Å². The highest BCUT2D eigenvalue weighted by molar-refractivity contribution is 5.49. The molecule has 0 aliphatic rings. The van der Waals surface area contributed by atoms with E-state index in [4.69, 9.17) is 9.47 Å². The second-order valence-electron chi connectivity index (χ2n) is 4.33. The molecule has 2 aromatic carbocycles. The summed E-state index contributed by atoms with van der Waals surface area (Å²) in [5.74, 6) is -0.635. The average Bonchev–Trinajstić information content (AvgIpc) is 2.46. The molecule has 0 aromatic heterocycles. The summed E-state index contributed by atoms with van der Waals surface area (Å²) in [6, 6.07) is 10.8. The van der Waals surface area contributed by atoms with Gasteiger partial charge in [-0.3, -0.25) is 10.1 Å². The fraction of sp³-hybridized carbons (Fsp3) is 0.200. The van der Waals surface area contributed by atoms with E-state index in [-0.39, 0.29) is 5.75 Å². The van der Waals surface area contributed by atoms with Crippen LogP contribution in [0.1, 0.15) is 5.56 Å². The van der Waals surface area contributed by atoms with Crippen molar-refractivity contribution in [3.05, 3.63) is 64.0 Å². The molecule has 0 saturated carbocycles. The Morgan fingerprint density at radius 3 is 2.52 bits per heavy atom. The zero-order valence-corrected chi connectivity index (χ0v) is 11.4. The standard InChI is InChI=1S/C15H14FNO4/c1-20-10-9-11-5-7-12(8-6-11)21-14-4-2-3-13(16)15(14)17(18)19/h2-8H,9-10H2,1H3. The van der Waals surface area contributed by atoms with Gasteiger partial charge in [0.1, 0.15) is 5.75 Å². The molecule has 0 heterocycles. The van der Waals surface area contributed by atoms with Gasteiger partial charge in [0, 0.05) is 7.11 Å². The van der Waals surface area contributed by atoms with Crippen LogP contribution < -0.4 is 4.74 Å². The Labute approximate surface area is 121 Å². The molecule has 0 unspecified atom stereocenters. The Bertz CT molecular complexity index is 628. The first kappa shape index (κ1) is 14.9. The predicted molar refractivity (Wildman–Crippen MR) is 75.2 cm³/mol. The molecule has 6 heteroatoms. The lowest BCUT2D eigenvalue weighted by molar-refractivity contribution is -0.388. The molecular formula is C15H14FNO4. The van der Waals surface area contributed by atoms with Gasteiger partial charge in [-0.1, -0.05) is 18.2 Å². The van der Waals surface area contributed by atoms with Crippen LogP contribution in [0.4, 0.5) is 10.1 Å². The molecule has 0 N–H and O–H groups in total. The average molecular weight is 291 g/mol. The Balaban J connectivity index is 2.19. The van der Waals surface area contributed by atoms with Crippen molar-refractivity contribution in [2.75, 3.05) is 13.7 Å². The van der Waals surface area contributed by atoms with Crippen molar-refractivity contribution in [3.8, 4) is 11.5 Å². The van der Waals surface area contributed by atoms with Crippen LogP contribution in [0, 0.1) is 15.9 Å². The topological polar surface area (TPSA) is 61.6 Å². The third-order valence-electron chi connectivity index (χ3n) is 2.88. The van der Waals surface area contributed by atoms with Crippen LogP contribution in [0.5, 0.6) is 11.5 Å². The van der Waals surface area contributed by atoms with Crippen LogP contribution in [0.3, 0.4) is 0 Å². The van der Waals surface area contributed by atoms with Gasteiger partial charge in [0.2, 0.25) is 11.6 Å². The highest BCUT2D eigenvalue weighted by atomic mass is 19.1. The first-order valence-corrected chi connectivity index (χ1v) is 6.30. The summed E-state index contributed by atoms with van der Waals surface area (Å²) in [4.78, 5) is 10.1. The summed E-state index contributed by atoms with van der Waals surface area (Å²) in [5.41, 5.74) is 0.388. The van der Waals surface area contributed by atoms with Gasteiger partial charge in [-0.05, 0) is 36.2 Å². The van der Waals surface area contributed by atoms with E-state index in [9.17, 15) is 14.5 Å². The minimum Gasteiger partial charge on any atom is -0.450 e. The summed E-state index contributed by atoms with van der Waals surface area (Å²) >= 11 is 0. The quantitative estimate of drug-likeness (QED) is 0.601. The largest absolute Gasteiger partial charge is 0.450 e. The van der Waals surface area contributed by atoms with Crippen molar-refractivity contribution in [3.63, 3.8) is 0 Å². The Morgan fingerprint density at radius 2 is 1.90 bits per heavy atom. The third-order valence-corrected chi connectivity index (χ3v) is 2.88. The molecule has 2 rings (SSSR count). The van der Waals surface area contributed by atoms with Gasteiger partial charge in [0.05, 0.1) is 11.5 Å². The number of benzene rings is 2. The fourth-order valence-electron chi connectivity index (χ4n) is 1.83. The lowest BCUT2D eigenvalue weighted by Gasteiger charge is -2.07. The van der Waals surface area contributed by atoms with Gasteiger partial charge >= 0.3 is 5.69 Å². The molecule has 21 heavy (non-hydrogen) atoms. The smallest absolute Gasteiger partial charge is 0.346 e. The fourth-order valence-corrected chi connectivity index (χ4v) is 1.83. The monoisotopic (exact) mass is 291 g/mol. The lowest BCUT2D eigenvalue weighted by atomic mass is 10.1. The number of hydrogen-bond donors (Lipinski definition) is 0. The lowest BCUT2D eigenvalue weighted by Crippen LogP contribution is -1.97. The van der Waals surface area contributed by atoms with E-state index >= 15 is 0 Å². The van der Waals surface area contributed by atoms with E-state index in [1.807, 2.05) is 12.1 Å². The van der Waals surface area contributed by atoms with E-state index in [1.165, 1.54) is 12.1 Å². The van der Waals surface area contributed by atoms with Crippen molar-refractivity contribution in [1.82, 2.24) is 0 Å². The molecular weight excluding hydrogens is 277 g/mol. The second kappa shape index (κ2) is 6.81. The minimum atomic E-state index is -0.922. The summed E-state index contributed by atoms with van der Waals surface area (Å²) in [6.45, 7) is 0.607. The molecule has 0 fully saturated rings. The van der Waals surface area contributed by atoms with E-state index in [2.05, 4.69) is 0 Å². The molecule has 5 nitrogen and oxygen atoms in total. The molecule has 0 radical (unpaired) electrons. The number of nitro groups is 1. The second-order valence-corrected chi connectivity index (χ2v) is 4.33. The van der Waals surface area contributed by atoms with E-state index in [0.29, 0.717) is 12.4 Å². The molecule has 0 atom stereocenters. The molecule has 2 aromatic rings. The van der Waals surface area contributed by atoms with Crippen LogP contribution in [-0.2, 0) is 11.2 Å². The Hall–Kier alpha value is -2.47. The number of methoxy groups -OCH3 is 1. The number of halogens is 1. The van der Waals surface area contributed by atoms with Gasteiger partial charge in [0.15, 0.2) is 0 Å². The normalized spacial score (nSPS) is 10.4. The molecule has 0 spiro atoms. The van der Waals surface area contributed by atoms with Crippen LogP contribution in [0.2, 0.25) is 0 Å². The number of nitro benzene ring substituents is 1. The summed E-state index contributed by atoms with van der Waals surface area (Å²) in [5, 5.41) is 10.9. The van der Waals surface area contributed by atoms with Crippen LogP contribution in [0.15, 0.2) is 42.5 Å². The molecule has 0 aliphatic carbocycles. The highest BCUT2D eigenvalue weighted by Gasteiger charge is 2.21. The zero-order chi connectivity index (χ0) is 15.2. The number of rotatable bonds is 6. The van der Waals surface area contributed by atoms with Gasteiger partial charge in [0.25, 0.3) is 0 Å². The number of ether oxygens (including phenoxy) is 2. The molecule has 0 saturated heterocycles. The van der Waals surface area contributed by atoms with Crippen LogP contribution in [-0.4, -0.2) is 18.6 Å². The number of hydrogen-bond acceptors (Lipinski definition) is 4. The highest BCUT2D eigenvalue weighted by Crippen LogP contribution is 2.33. The Kier molecular flexibility index (Phi) is 4.84. The van der Waals surface area contributed by atoms with Crippen molar-refractivity contribution >= 4 is 5.69 Å². The first-order valence-electron chi connectivity index (χ1n) is 6.30. The van der Waals surface area contributed by atoms with E-state index < -0.39 is 16.4 Å². The maximum atomic E-state index is 13.5. The maximum absolute atomic E-state index is 13.5.